The monoisotopic (exact) mass is 289 g/mol. The highest BCUT2D eigenvalue weighted by Gasteiger charge is 2.27. The van der Waals surface area contributed by atoms with Gasteiger partial charge >= 0.3 is 5.69 Å². The molecule has 1 saturated carbocycles. The largest absolute Gasteiger partial charge is 0.432 e. The lowest BCUT2D eigenvalue weighted by Crippen LogP contribution is -2.00. The van der Waals surface area contributed by atoms with Gasteiger partial charge in [-0.15, -0.1) is 0 Å². The fourth-order valence-electron chi connectivity index (χ4n) is 1.97. The smallest absolute Gasteiger partial charge is 0.314 e. The minimum absolute atomic E-state index is 0.0405. The maximum atomic E-state index is 13.1. The molecule has 21 heavy (non-hydrogen) atoms. The first kappa shape index (κ1) is 13.4. The Morgan fingerprint density at radius 1 is 1.33 bits per heavy atom. The lowest BCUT2D eigenvalue weighted by atomic mass is 10.3. The van der Waals surface area contributed by atoms with E-state index >= 15 is 0 Å². The van der Waals surface area contributed by atoms with Gasteiger partial charge in [0.1, 0.15) is 11.6 Å². The number of hydrogen-bond donors (Lipinski definition) is 0. The van der Waals surface area contributed by atoms with Gasteiger partial charge in [0.25, 0.3) is 0 Å². The van der Waals surface area contributed by atoms with Gasteiger partial charge in [-0.2, -0.15) is 4.98 Å². The van der Waals surface area contributed by atoms with Crippen molar-refractivity contribution >= 4 is 5.69 Å². The van der Waals surface area contributed by atoms with E-state index in [9.17, 15) is 14.5 Å². The Morgan fingerprint density at radius 2 is 2.10 bits per heavy atom. The maximum absolute atomic E-state index is 13.1. The number of hydrogen-bond acceptors (Lipinski definition) is 5. The summed E-state index contributed by atoms with van der Waals surface area (Å²) in [5.74, 6) is 0.539. The molecule has 0 saturated heterocycles. The summed E-state index contributed by atoms with van der Waals surface area (Å²) in [6, 6.07) is 4.75. The zero-order valence-electron chi connectivity index (χ0n) is 11.2. The Labute approximate surface area is 119 Å². The van der Waals surface area contributed by atoms with E-state index in [1.165, 1.54) is 6.07 Å². The minimum Gasteiger partial charge on any atom is -0.432 e. The van der Waals surface area contributed by atoms with Gasteiger partial charge in [-0.25, -0.2) is 9.37 Å². The molecule has 6 nitrogen and oxygen atoms in total. The van der Waals surface area contributed by atoms with Crippen LogP contribution in [0.1, 0.15) is 30.3 Å². The first-order valence-corrected chi connectivity index (χ1v) is 6.50. The average molecular weight is 289 g/mol. The molecule has 0 aliphatic heterocycles. The van der Waals surface area contributed by atoms with E-state index in [2.05, 4.69) is 9.97 Å². The molecule has 1 heterocycles. The van der Waals surface area contributed by atoms with E-state index in [1.807, 2.05) is 0 Å². The Balaban J connectivity index is 1.95. The zero-order chi connectivity index (χ0) is 15.0. The first-order valence-electron chi connectivity index (χ1n) is 6.50. The summed E-state index contributed by atoms with van der Waals surface area (Å²) >= 11 is 0. The maximum Gasteiger partial charge on any atom is 0.314 e. The van der Waals surface area contributed by atoms with Crippen LogP contribution in [0, 0.1) is 22.9 Å². The highest BCUT2D eigenvalue weighted by Crippen LogP contribution is 2.39. The van der Waals surface area contributed by atoms with Crippen LogP contribution in [0.2, 0.25) is 0 Å². The van der Waals surface area contributed by atoms with Crippen LogP contribution in [0.5, 0.6) is 11.6 Å². The molecule has 1 fully saturated rings. The van der Waals surface area contributed by atoms with Crippen LogP contribution >= 0.6 is 0 Å². The Morgan fingerprint density at radius 3 is 2.76 bits per heavy atom. The highest BCUT2D eigenvalue weighted by atomic mass is 19.1. The normalized spacial score (nSPS) is 14.0. The molecule has 0 bridgehead atoms. The minimum atomic E-state index is -0.688. The van der Waals surface area contributed by atoms with Crippen LogP contribution in [-0.2, 0) is 0 Å². The number of aromatic nitrogens is 2. The second kappa shape index (κ2) is 5.08. The summed E-state index contributed by atoms with van der Waals surface area (Å²) in [6.45, 7) is 1.81. The van der Waals surface area contributed by atoms with Crippen LogP contribution in [0.3, 0.4) is 0 Å². The molecule has 0 N–H and O–H groups in total. The van der Waals surface area contributed by atoms with Crippen LogP contribution in [0.15, 0.2) is 24.3 Å². The Kier molecular flexibility index (Phi) is 3.25. The van der Waals surface area contributed by atoms with E-state index in [4.69, 9.17) is 4.74 Å². The molecule has 1 aliphatic rings. The zero-order valence-corrected chi connectivity index (χ0v) is 11.2. The van der Waals surface area contributed by atoms with E-state index in [-0.39, 0.29) is 11.6 Å². The summed E-state index contributed by atoms with van der Waals surface area (Å²) in [4.78, 5) is 18.8. The highest BCUT2D eigenvalue weighted by molar-refractivity contribution is 5.48. The van der Waals surface area contributed by atoms with Gasteiger partial charge in [0.2, 0.25) is 11.6 Å². The summed E-state index contributed by atoms with van der Waals surface area (Å²) in [6.07, 6.45) is 2.08. The third kappa shape index (κ3) is 2.96. The van der Waals surface area contributed by atoms with E-state index in [1.54, 1.807) is 13.0 Å². The molecule has 0 unspecified atom stereocenters. The molecule has 0 radical (unpaired) electrons. The number of halogens is 1. The van der Waals surface area contributed by atoms with Crippen LogP contribution in [-0.4, -0.2) is 14.9 Å². The van der Waals surface area contributed by atoms with Gasteiger partial charge in [-0.05, 0) is 31.9 Å². The third-order valence-corrected chi connectivity index (χ3v) is 3.12. The molecule has 0 spiro atoms. The van der Waals surface area contributed by atoms with Crippen molar-refractivity contribution in [3.8, 4) is 11.6 Å². The molecular formula is C14H12FN3O3. The van der Waals surface area contributed by atoms with Gasteiger partial charge < -0.3 is 4.74 Å². The molecule has 0 atom stereocenters. The van der Waals surface area contributed by atoms with E-state index < -0.39 is 16.4 Å². The Bertz CT molecular complexity index is 717. The molecule has 7 heteroatoms. The predicted molar refractivity (Wildman–Crippen MR) is 71.9 cm³/mol. The van der Waals surface area contributed by atoms with Gasteiger partial charge in [-0.1, -0.05) is 0 Å². The van der Waals surface area contributed by atoms with Crippen molar-refractivity contribution in [1.82, 2.24) is 9.97 Å². The standard InChI is InChI=1S/C14H12FN3O3/c1-8-6-13(17-14(16-8)9-2-3-9)21-12-5-4-10(15)7-11(12)18(19)20/h4-7,9H,2-3H2,1H3. The van der Waals surface area contributed by atoms with Crippen molar-refractivity contribution in [3.05, 3.63) is 51.7 Å². The van der Waals surface area contributed by atoms with Crippen LogP contribution in [0.25, 0.3) is 0 Å². The summed E-state index contributed by atoms with van der Waals surface area (Å²) in [5, 5.41) is 10.9. The number of ether oxygens (including phenoxy) is 1. The Hall–Kier alpha value is -2.57. The average Bonchev–Trinajstić information content (AvgIpc) is 3.24. The third-order valence-electron chi connectivity index (χ3n) is 3.12. The number of nitro groups is 1. The second-order valence-electron chi connectivity index (χ2n) is 4.95. The van der Waals surface area contributed by atoms with E-state index in [0.29, 0.717) is 11.7 Å². The lowest BCUT2D eigenvalue weighted by molar-refractivity contribution is -0.385. The van der Waals surface area contributed by atoms with Crippen LogP contribution in [0.4, 0.5) is 10.1 Å². The molecule has 2 aromatic rings. The molecule has 1 aromatic heterocycles. The van der Waals surface area contributed by atoms with Crippen molar-refractivity contribution in [2.75, 3.05) is 0 Å². The lowest BCUT2D eigenvalue weighted by Gasteiger charge is -2.07. The number of aryl methyl sites for hydroxylation is 1. The van der Waals surface area contributed by atoms with Gasteiger partial charge in [0.15, 0.2) is 0 Å². The quantitative estimate of drug-likeness (QED) is 0.635. The fourth-order valence-corrected chi connectivity index (χ4v) is 1.97. The van der Waals surface area contributed by atoms with Crippen LogP contribution < -0.4 is 4.74 Å². The fraction of sp³-hybridized carbons (Fsp3) is 0.286. The van der Waals surface area contributed by atoms with Gasteiger partial charge in [-0.3, -0.25) is 10.1 Å². The van der Waals surface area contributed by atoms with Crippen molar-refractivity contribution in [1.29, 1.82) is 0 Å². The SMILES string of the molecule is Cc1cc(Oc2ccc(F)cc2[N+](=O)[O-])nc(C2CC2)n1. The van der Waals surface area contributed by atoms with Gasteiger partial charge in [0, 0.05) is 17.7 Å². The van der Waals surface area contributed by atoms with Crippen molar-refractivity contribution in [3.63, 3.8) is 0 Å². The first-order chi connectivity index (χ1) is 10.0. The van der Waals surface area contributed by atoms with E-state index in [0.717, 1.165) is 30.7 Å². The number of nitrogens with zero attached hydrogens (tertiary/aromatic N) is 3. The van der Waals surface area contributed by atoms with Crippen molar-refractivity contribution in [2.24, 2.45) is 0 Å². The number of benzene rings is 1. The summed E-state index contributed by atoms with van der Waals surface area (Å²) in [7, 11) is 0. The molecule has 0 amide bonds. The predicted octanol–water partition coefficient (Wildman–Crippen LogP) is 3.50. The molecule has 3 rings (SSSR count). The number of rotatable bonds is 4. The van der Waals surface area contributed by atoms with Crippen molar-refractivity contribution in [2.45, 2.75) is 25.7 Å². The topological polar surface area (TPSA) is 78.2 Å². The summed E-state index contributed by atoms with van der Waals surface area (Å²) < 4.78 is 18.6. The molecule has 108 valence electrons. The second-order valence-corrected chi connectivity index (χ2v) is 4.95. The van der Waals surface area contributed by atoms with Gasteiger partial charge in [0.05, 0.1) is 11.0 Å². The van der Waals surface area contributed by atoms with Crippen molar-refractivity contribution < 1.29 is 14.1 Å². The molecule has 1 aliphatic carbocycles. The molecular weight excluding hydrogens is 277 g/mol. The summed E-state index contributed by atoms with van der Waals surface area (Å²) in [5.41, 5.74) is 0.297. The molecule has 1 aromatic carbocycles. The number of nitro benzene ring substituents is 1.